The van der Waals surface area contributed by atoms with E-state index in [0.29, 0.717) is 4.47 Å². The maximum atomic E-state index is 12.9. The van der Waals surface area contributed by atoms with Crippen LogP contribution in [0.4, 0.5) is 4.39 Å². The zero-order valence-corrected chi connectivity index (χ0v) is 9.34. The molecule has 0 heterocycles. The molecular weight excluding hydrogens is 253 g/mol. The van der Waals surface area contributed by atoms with E-state index in [1.54, 1.807) is 0 Å². The third-order valence-electron chi connectivity index (χ3n) is 1.67. The lowest BCUT2D eigenvalue weighted by atomic mass is 10.2. The zero-order valence-electron chi connectivity index (χ0n) is 7.75. The van der Waals surface area contributed by atoms with Gasteiger partial charge in [-0.1, -0.05) is 15.9 Å². The maximum absolute atomic E-state index is 12.9. The molecule has 76 valence electrons. The molecule has 0 aliphatic heterocycles. The summed E-state index contributed by atoms with van der Waals surface area (Å²) in [6.07, 6.45) is 0. The Hall–Kier alpha value is -0.940. The number of amides is 1. The summed E-state index contributed by atoms with van der Waals surface area (Å²) in [4.78, 5) is 16.2. The topological polar surface area (TPSA) is 29.5 Å². The average molecular weight is 262 g/mol. The Morgan fingerprint density at radius 2 is 2.14 bits per heavy atom. The average Bonchev–Trinajstić information content (AvgIpc) is 2.14. The second-order valence-electron chi connectivity index (χ2n) is 2.64. The normalized spacial score (nSPS) is 10.0. The van der Waals surface area contributed by atoms with E-state index >= 15 is 0 Å². The summed E-state index contributed by atoms with van der Waals surface area (Å²) in [7, 11) is 2.83. The fraction of sp³-hybridized carbons (Fsp3) is 0.222. The van der Waals surface area contributed by atoms with Crippen LogP contribution in [0.5, 0.6) is 0 Å². The lowest BCUT2D eigenvalue weighted by Crippen LogP contribution is -2.25. The van der Waals surface area contributed by atoms with Crippen LogP contribution in [0, 0.1) is 5.82 Å². The van der Waals surface area contributed by atoms with Gasteiger partial charge in [-0.25, -0.2) is 9.45 Å². The highest BCUT2D eigenvalue weighted by atomic mass is 79.9. The number of nitrogens with zero attached hydrogens (tertiary/aromatic N) is 1. The van der Waals surface area contributed by atoms with E-state index in [1.807, 2.05) is 0 Å². The molecular formula is C9H9BrFNO2. The number of halogens is 2. The van der Waals surface area contributed by atoms with E-state index in [9.17, 15) is 9.18 Å². The van der Waals surface area contributed by atoms with Gasteiger partial charge in [-0.2, -0.15) is 0 Å². The predicted molar refractivity (Wildman–Crippen MR) is 53.2 cm³/mol. The van der Waals surface area contributed by atoms with Gasteiger partial charge in [0, 0.05) is 17.1 Å². The molecule has 1 aromatic carbocycles. The molecule has 5 heteroatoms. The number of rotatable bonds is 2. The lowest BCUT2D eigenvalue weighted by molar-refractivity contribution is -0.0757. The molecule has 1 amide bonds. The lowest BCUT2D eigenvalue weighted by Gasteiger charge is -2.13. The minimum atomic E-state index is -0.466. The molecule has 0 radical (unpaired) electrons. The van der Waals surface area contributed by atoms with Gasteiger partial charge in [-0.15, -0.1) is 0 Å². The van der Waals surface area contributed by atoms with Gasteiger partial charge >= 0.3 is 0 Å². The van der Waals surface area contributed by atoms with Gasteiger partial charge in [0.1, 0.15) is 5.82 Å². The van der Waals surface area contributed by atoms with Crippen molar-refractivity contribution in [3.8, 4) is 0 Å². The van der Waals surface area contributed by atoms with Gasteiger partial charge in [0.25, 0.3) is 5.91 Å². The Morgan fingerprint density at radius 3 is 2.64 bits per heavy atom. The van der Waals surface area contributed by atoms with Crippen LogP contribution in [0.2, 0.25) is 0 Å². The summed E-state index contributed by atoms with van der Waals surface area (Å²) in [5, 5.41) is 1.03. The van der Waals surface area contributed by atoms with E-state index in [2.05, 4.69) is 15.9 Å². The molecule has 1 rings (SSSR count). The number of hydroxylamine groups is 2. The van der Waals surface area contributed by atoms with Crippen LogP contribution < -0.4 is 0 Å². The molecule has 0 atom stereocenters. The van der Waals surface area contributed by atoms with Gasteiger partial charge in [-0.05, 0) is 18.2 Å². The summed E-state index contributed by atoms with van der Waals surface area (Å²) in [6, 6.07) is 3.97. The Kier molecular flexibility index (Phi) is 3.60. The van der Waals surface area contributed by atoms with Gasteiger partial charge in [0.15, 0.2) is 0 Å². The van der Waals surface area contributed by atoms with Crippen LogP contribution in [0.1, 0.15) is 10.4 Å². The largest absolute Gasteiger partial charge is 0.277 e. The number of hydrogen-bond acceptors (Lipinski definition) is 2. The van der Waals surface area contributed by atoms with Crippen molar-refractivity contribution in [1.29, 1.82) is 0 Å². The van der Waals surface area contributed by atoms with Crippen molar-refractivity contribution < 1.29 is 14.0 Å². The molecule has 14 heavy (non-hydrogen) atoms. The Bertz CT molecular complexity index is 336. The highest BCUT2D eigenvalue weighted by molar-refractivity contribution is 9.10. The maximum Gasteiger partial charge on any atom is 0.277 e. The SMILES string of the molecule is CON(C)C(=O)c1cc(F)cc(Br)c1. The summed E-state index contributed by atoms with van der Waals surface area (Å²) >= 11 is 3.10. The third kappa shape index (κ3) is 2.52. The molecule has 0 N–H and O–H groups in total. The van der Waals surface area contributed by atoms with E-state index in [-0.39, 0.29) is 5.56 Å². The smallest absolute Gasteiger partial charge is 0.274 e. The van der Waals surface area contributed by atoms with Crippen LogP contribution in [-0.4, -0.2) is 25.1 Å². The van der Waals surface area contributed by atoms with E-state index in [4.69, 9.17) is 4.84 Å². The molecule has 0 aromatic heterocycles. The van der Waals surface area contributed by atoms with Crippen molar-refractivity contribution in [1.82, 2.24) is 5.06 Å². The summed E-state index contributed by atoms with van der Waals surface area (Å²) in [6.45, 7) is 0. The zero-order chi connectivity index (χ0) is 10.7. The van der Waals surface area contributed by atoms with E-state index in [1.165, 1.54) is 26.3 Å². The predicted octanol–water partition coefficient (Wildman–Crippen LogP) is 2.22. The molecule has 0 saturated heterocycles. The fourth-order valence-corrected chi connectivity index (χ4v) is 1.41. The van der Waals surface area contributed by atoms with Crippen molar-refractivity contribution in [2.45, 2.75) is 0 Å². The standard InChI is InChI=1S/C9H9BrFNO2/c1-12(14-2)9(13)6-3-7(10)5-8(11)4-6/h3-5H,1-2H3. The van der Waals surface area contributed by atoms with Gasteiger partial charge in [-0.3, -0.25) is 9.63 Å². The highest BCUT2D eigenvalue weighted by Gasteiger charge is 2.12. The number of benzene rings is 1. The van der Waals surface area contributed by atoms with Crippen LogP contribution in [0.3, 0.4) is 0 Å². The summed E-state index contributed by atoms with van der Waals surface area (Å²) in [5.41, 5.74) is 0.237. The van der Waals surface area contributed by atoms with Crippen LogP contribution in [0.25, 0.3) is 0 Å². The summed E-state index contributed by atoms with van der Waals surface area (Å²) in [5.74, 6) is -0.861. The molecule has 0 aliphatic rings. The van der Waals surface area contributed by atoms with Crippen LogP contribution in [0.15, 0.2) is 22.7 Å². The van der Waals surface area contributed by atoms with Crippen molar-refractivity contribution in [2.24, 2.45) is 0 Å². The molecule has 0 saturated carbocycles. The number of hydrogen-bond donors (Lipinski definition) is 0. The van der Waals surface area contributed by atoms with Gasteiger partial charge in [0.2, 0.25) is 0 Å². The second-order valence-corrected chi connectivity index (χ2v) is 3.56. The molecule has 1 aromatic rings. The van der Waals surface area contributed by atoms with Crippen molar-refractivity contribution in [2.75, 3.05) is 14.2 Å². The first-order valence-corrected chi connectivity index (χ1v) is 4.62. The second kappa shape index (κ2) is 4.52. The van der Waals surface area contributed by atoms with Crippen LogP contribution in [-0.2, 0) is 4.84 Å². The Balaban J connectivity index is 3.01. The first-order valence-electron chi connectivity index (χ1n) is 3.83. The van der Waals surface area contributed by atoms with E-state index < -0.39 is 11.7 Å². The van der Waals surface area contributed by atoms with Gasteiger partial charge in [0.05, 0.1) is 7.11 Å². The van der Waals surface area contributed by atoms with E-state index in [0.717, 1.165) is 11.1 Å². The monoisotopic (exact) mass is 261 g/mol. The number of carbonyl (C=O) groups excluding carboxylic acids is 1. The fourth-order valence-electron chi connectivity index (χ4n) is 0.942. The van der Waals surface area contributed by atoms with Crippen molar-refractivity contribution in [3.63, 3.8) is 0 Å². The van der Waals surface area contributed by atoms with Gasteiger partial charge < -0.3 is 0 Å². The molecule has 0 aliphatic carbocycles. The third-order valence-corrected chi connectivity index (χ3v) is 2.13. The van der Waals surface area contributed by atoms with Crippen molar-refractivity contribution >= 4 is 21.8 Å². The molecule has 0 unspecified atom stereocenters. The number of carbonyl (C=O) groups is 1. The van der Waals surface area contributed by atoms with Crippen LogP contribution >= 0.6 is 15.9 Å². The molecule has 3 nitrogen and oxygen atoms in total. The minimum Gasteiger partial charge on any atom is -0.274 e. The summed E-state index contributed by atoms with van der Waals surface area (Å²) < 4.78 is 13.4. The van der Waals surface area contributed by atoms with Crippen molar-refractivity contribution in [3.05, 3.63) is 34.1 Å². The first-order chi connectivity index (χ1) is 6.54. The quantitative estimate of drug-likeness (QED) is 0.765. The Labute approximate surface area is 89.5 Å². The molecule has 0 bridgehead atoms. The minimum absolute atomic E-state index is 0.237. The molecule has 0 fully saturated rings. The first kappa shape index (κ1) is 11.1. The Morgan fingerprint density at radius 1 is 1.50 bits per heavy atom. The molecule has 0 spiro atoms. The highest BCUT2D eigenvalue weighted by Crippen LogP contribution is 2.15.